The van der Waals surface area contributed by atoms with Gasteiger partial charge in [0.05, 0.1) is 0 Å². The Morgan fingerprint density at radius 3 is 1.70 bits per heavy atom. The van der Waals surface area contributed by atoms with Crippen LogP contribution in [0.2, 0.25) is 14.8 Å². The molecule has 0 nitrogen and oxygen atoms in total. The monoisotopic (exact) mass is 201 g/mol. The summed E-state index contributed by atoms with van der Waals surface area (Å²) in [5.74, 6) is 0. The van der Waals surface area contributed by atoms with Gasteiger partial charge in [0.2, 0.25) is 0 Å². The Labute approximate surface area is 69.5 Å². The van der Waals surface area contributed by atoms with Crippen molar-refractivity contribution in [2.45, 2.75) is 54.8 Å². The Morgan fingerprint density at radius 1 is 0.900 bits per heavy atom. The molecule has 1 radical (unpaired) electrons. The molecule has 1 saturated heterocycles. The molecule has 59 valence electrons. The van der Waals surface area contributed by atoms with Crippen LogP contribution < -0.4 is 0 Å². The van der Waals surface area contributed by atoms with Crippen LogP contribution in [0.1, 0.15) is 40.0 Å². The van der Waals surface area contributed by atoms with E-state index in [-0.39, 0.29) is 0 Å². The molecule has 1 aliphatic rings. The van der Waals surface area contributed by atoms with E-state index in [1.807, 2.05) is 0 Å². The summed E-state index contributed by atoms with van der Waals surface area (Å²) in [7, 11) is 0. The average molecular weight is 200 g/mol. The third-order valence-electron chi connectivity index (χ3n) is 2.52. The summed E-state index contributed by atoms with van der Waals surface area (Å²) in [6, 6.07) is 0. The maximum atomic E-state index is 2.45. The molecule has 0 aromatic rings. The topological polar surface area (TPSA) is 0 Å². The first-order valence-electron chi connectivity index (χ1n) is 4.46. The summed E-state index contributed by atoms with van der Waals surface area (Å²) in [6.07, 6.45) is 4.62. The quantitative estimate of drug-likeness (QED) is 0.525. The summed E-state index contributed by atoms with van der Waals surface area (Å²) >= 11 is -0.578. The summed E-state index contributed by atoms with van der Waals surface area (Å²) in [6.45, 7) is 7.36. The molecule has 0 atom stereocenters. The van der Waals surface area contributed by atoms with Crippen LogP contribution in [0.5, 0.6) is 0 Å². The van der Waals surface area contributed by atoms with E-state index in [0.29, 0.717) is 0 Å². The van der Waals surface area contributed by atoms with Crippen LogP contribution in [0.15, 0.2) is 0 Å². The third kappa shape index (κ3) is 2.30. The van der Waals surface area contributed by atoms with E-state index in [0.717, 1.165) is 4.25 Å². The minimum absolute atomic E-state index is 0.578. The molecule has 1 heterocycles. The number of hydrogen-bond donors (Lipinski definition) is 0. The van der Waals surface area contributed by atoms with E-state index >= 15 is 0 Å². The van der Waals surface area contributed by atoms with Crippen molar-refractivity contribution in [1.29, 1.82) is 0 Å². The van der Waals surface area contributed by atoms with Crippen molar-refractivity contribution in [2.24, 2.45) is 0 Å². The zero-order chi connectivity index (χ0) is 7.61. The Hall–Kier alpha value is 0.543. The van der Waals surface area contributed by atoms with Crippen molar-refractivity contribution in [3.63, 3.8) is 0 Å². The maximum absolute atomic E-state index is 2.45. The first-order chi connectivity index (χ1) is 4.61. The van der Waals surface area contributed by atoms with E-state index in [1.165, 1.54) is 6.42 Å². The molecule has 0 amide bonds. The van der Waals surface area contributed by atoms with Crippen molar-refractivity contribution in [3.05, 3.63) is 0 Å². The van der Waals surface area contributed by atoms with Crippen LogP contribution in [-0.4, -0.2) is 14.3 Å². The Morgan fingerprint density at radius 2 is 1.40 bits per heavy atom. The van der Waals surface area contributed by atoms with Gasteiger partial charge in [-0.05, 0) is 0 Å². The Kier molecular flexibility index (Phi) is 2.84. The molecule has 0 unspecified atom stereocenters. The van der Waals surface area contributed by atoms with E-state index in [9.17, 15) is 0 Å². The second kappa shape index (κ2) is 3.29. The average Bonchev–Trinajstić information content (AvgIpc) is 1.88. The van der Waals surface area contributed by atoms with Gasteiger partial charge in [0.25, 0.3) is 0 Å². The van der Waals surface area contributed by atoms with Crippen molar-refractivity contribution in [3.8, 4) is 0 Å². The molecule has 0 aromatic heterocycles. The Bertz CT molecular complexity index is 95.8. The van der Waals surface area contributed by atoms with Gasteiger partial charge in [-0.1, -0.05) is 0 Å². The molecule has 0 spiro atoms. The molecule has 1 aliphatic heterocycles. The molecule has 0 aliphatic carbocycles. The van der Waals surface area contributed by atoms with Gasteiger partial charge in [-0.3, -0.25) is 0 Å². The fraction of sp³-hybridized carbons (Fsp3) is 1.00. The predicted octanol–water partition coefficient (Wildman–Crippen LogP) is 3.47. The van der Waals surface area contributed by atoms with Crippen molar-refractivity contribution in [1.82, 2.24) is 0 Å². The number of rotatable bonds is 0. The van der Waals surface area contributed by atoms with Gasteiger partial charge in [-0.25, -0.2) is 0 Å². The van der Waals surface area contributed by atoms with Gasteiger partial charge in [0.1, 0.15) is 0 Å². The number of hydrogen-bond acceptors (Lipinski definition) is 0. The minimum atomic E-state index is -0.578. The van der Waals surface area contributed by atoms with Crippen molar-refractivity contribution in [2.75, 3.05) is 0 Å². The zero-order valence-corrected chi connectivity index (χ0v) is 9.63. The van der Waals surface area contributed by atoms with E-state index in [1.54, 1.807) is 23.3 Å². The van der Waals surface area contributed by atoms with Crippen LogP contribution in [0.3, 0.4) is 0 Å². The third-order valence-corrected chi connectivity index (χ3v) is 11.0. The summed E-state index contributed by atoms with van der Waals surface area (Å²) < 4.78 is 0.737. The first kappa shape index (κ1) is 8.64. The van der Waals surface area contributed by atoms with Gasteiger partial charge in [-0.15, -0.1) is 0 Å². The standard InChI is InChI=1S/C9H19Ge/c1-9(2,3)10-7-5-4-6-8-10/h4-8H2,1-3H3. The van der Waals surface area contributed by atoms with Gasteiger partial charge < -0.3 is 0 Å². The first-order valence-corrected chi connectivity index (χ1v) is 8.47. The van der Waals surface area contributed by atoms with Crippen molar-refractivity contribution >= 4 is 14.3 Å². The molecule has 0 saturated carbocycles. The molecule has 1 fully saturated rings. The molecule has 0 bridgehead atoms. The molecule has 1 rings (SSSR count). The van der Waals surface area contributed by atoms with Gasteiger partial charge in [-0.2, -0.15) is 0 Å². The molecule has 0 N–H and O–H groups in total. The summed E-state index contributed by atoms with van der Waals surface area (Å²) in [4.78, 5) is 0. The molecular formula is C9H19Ge. The van der Waals surface area contributed by atoms with Crippen LogP contribution >= 0.6 is 0 Å². The molecule has 0 aromatic carbocycles. The SMILES string of the molecule is C[C](C)(C)[Ge]1[CH2]CCC[CH2]1. The fourth-order valence-electron chi connectivity index (χ4n) is 1.73. The van der Waals surface area contributed by atoms with Gasteiger partial charge in [0, 0.05) is 0 Å². The Balaban J connectivity index is 2.39. The van der Waals surface area contributed by atoms with Crippen LogP contribution in [-0.2, 0) is 0 Å². The van der Waals surface area contributed by atoms with Crippen LogP contribution in [0.4, 0.5) is 0 Å². The van der Waals surface area contributed by atoms with Crippen LogP contribution in [0, 0.1) is 0 Å². The van der Waals surface area contributed by atoms with E-state index < -0.39 is 14.3 Å². The summed E-state index contributed by atoms with van der Waals surface area (Å²) in [5.41, 5.74) is 0. The normalized spacial score (nSPS) is 23.1. The molecular weight excluding hydrogens is 181 g/mol. The van der Waals surface area contributed by atoms with E-state index in [2.05, 4.69) is 20.8 Å². The van der Waals surface area contributed by atoms with Gasteiger partial charge in [0.15, 0.2) is 0 Å². The summed E-state index contributed by atoms with van der Waals surface area (Å²) in [5, 5.41) is 3.28. The second-order valence-electron chi connectivity index (χ2n) is 4.41. The van der Waals surface area contributed by atoms with Gasteiger partial charge >= 0.3 is 69.1 Å². The fourth-order valence-corrected chi connectivity index (χ4v) is 8.24. The molecule has 1 heteroatoms. The second-order valence-corrected chi connectivity index (χ2v) is 12.2. The van der Waals surface area contributed by atoms with Crippen molar-refractivity contribution < 1.29 is 0 Å². The molecule has 10 heavy (non-hydrogen) atoms. The predicted molar refractivity (Wildman–Crippen MR) is 48.9 cm³/mol. The van der Waals surface area contributed by atoms with E-state index in [4.69, 9.17) is 0 Å². The zero-order valence-electron chi connectivity index (χ0n) is 7.54. The van der Waals surface area contributed by atoms with Crippen LogP contribution in [0.25, 0.3) is 0 Å².